The maximum atomic E-state index is 12.3. The Kier molecular flexibility index (Phi) is 5.13. The van der Waals surface area contributed by atoms with Crippen molar-refractivity contribution in [1.82, 2.24) is 5.32 Å². The fourth-order valence-corrected chi connectivity index (χ4v) is 2.38. The summed E-state index contributed by atoms with van der Waals surface area (Å²) in [5.41, 5.74) is 0.226. The fraction of sp³-hybridized carbons (Fsp3) is 0.312. The van der Waals surface area contributed by atoms with Gasteiger partial charge in [0.1, 0.15) is 17.4 Å². The Balaban J connectivity index is 2.07. The number of nitrogens with zero attached hydrogens (tertiary/aromatic N) is 1. The van der Waals surface area contributed by atoms with E-state index in [1.807, 2.05) is 0 Å². The fourth-order valence-electron chi connectivity index (χ4n) is 2.38. The zero-order chi connectivity index (χ0) is 17.0. The number of rotatable bonds is 6. The Labute approximate surface area is 133 Å². The van der Waals surface area contributed by atoms with Gasteiger partial charge in [-0.1, -0.05) is 12.1 Å². The van der Waals surface area contributed by atoms with Gasteiger partial charge in [0.05, 0.1) is 11.2 Å². The van der Waals surface area contributed by atoms with Crippen molar-refractivity contribution in [3.05, 3.63) is 63.6 Å². The standard InChI is InChI=1S/C16H18N2O5/c1-10-5-3-6-12(15(10)18(21)22)16(20)17-11(2)9-13(19)14-7-4-8-23-14/h3-8,11,13,19H,9H2,1-2H3,(H,17,20). The number of aliphatic hydroxyl groups excluding tert-OH is 1. The van der Waals surface area contributed by atoms with Gasteiger partial charge in [-0.05, 0) is 32.0 Å². The number of aliphatic hydroxyl groups is 1. The largest absolute Gasteiger partial charge is 0.467 e. The molecule has 7 heteroatoms. The van der Waals surface area contributed by atoms with Gasteiger partial charge in [0.15, 0.2) is 0 Å². The molecular formula is C16H18N2O5. The monoisotopic (exact) mass is 318 g/mol. The van der Waals surface area contributed by atoms with Crippen LogP contribution in [0.3, 0.4) is 0 Å². The highest BCUT2D eigenvalue weighted by molar-refractivity contribution is 5.98. The molecule has 23 heavy (non-hydrogen) atoms. The number of furan rings is 1. The van der Waals surface area contributed by atoms with Gasteiger partial charge in [-0.15, -0.1) is 0 Å². The van der Waals surface area contributed by atoms with Crippen LogP contribution < -0.4 is 5.32 Å². The molecule has 122 valence electrons. The molecule has 7 nitrogen and oxygen atoms in total. The molecule has 0 aliphatic heterocycles. The van der Waals surface area contributed by atoms with E-state index in [-0.39, 0.29) is 23.7 Å². The second-order valence-electron chi connectivity index (χ2n) is 5.37. The molecule has 1 aromatic heterocycles. The van der Waals surface area contributed by atoms with Gasteiger partial charge in [-0.3, -0.25) is 14.9 Å². The Morgan fingerprint density at radius 2 is 2.13 bits per heavy atom. The van der Waals surface area contributed by atoms with Gasteiger partial charge >= 0.3 is 0 Å². The molecule has 2 rings (SSSR count). The number of nitro benzene ring substituents is 1. The van der Waals surface area contributed by atoms with E-state index >= 15 is 0 Å². The minimum atomic E-state index is -0.854. The molecule has 0 aliphatic rings. The molecule has 2 N–H and O–H groups in total. The molecule has 0 fully saturated rings. The van der Waals surface area contributed by atoms with Crippen molar-refractivity contribution in [2.75, 3.05) is 0 Å². The van der Waals surface area contributed by atoms with Crippen molar-refractivity contribution in [2.45, 2.75) is 32.4 Å². The van der Waals surface area contributed by atoms with Gasteiger partial charge < -0.3 is 14.8 Å². The lowest BCUT2D eigenvalue weighted by Crippen LogP contribution is -2.34. The van der Waals surface area contributed by atoms with Gasteiger partial charge in [-0.2, -0.15) is 0 Å². The zero-order valence-corrected chi connectivity index (χ0v) is 12.9. The smallest absolute Gasteiger partial charge is 0.285 e. The van der Waals surface area contributed by atoms with E-state index < -0.39 is 16.9 Å². The SMILES string of the molecule is Cc1cccc(C(=O)NC(C)CC(O)c2ccco2)c1[N+](=O)[O-]. The van der Waals surface area contributed by atoms with Gasteiger partial charge in [0, 0.05) is 18.0 Å². The molecule has 2 unspecified atom stereocenters. The number of benzene rings is 1. The molecule has 1 heterocycles. The Morgan fingerprint density at radius 3 is 2.74 bits per heavy atom. The third-order valence-electron chi connectivity index (χ3n) is 3.49. The predicted molar refractivity (Wildman–Crippen MR) is 83.0 cm³/mol. The molecule has 0 aliphatic carbocycles. The molecule has 2 aromatic rings. The third-order valence-corrected chi connectivity index (χ3v) is 3.49. The van der Waals surface area contributed by atoms with E-state index in [0.717, 1.165) is 0 Å². The topological polar surface area (TPSA) is 106 Å². The van der Waals surface area contributed by atoms with E-state index in [1.54, 1.807) is 38.1 Å². The summed E-state index contributed by atoms with van der Waals surface area (Å²) in [5, 5.41) is 23.8. The number of hydrogen-bond acceptors (Lipinski definition) is 5. The Hall–Kier alpha value is -2.67. The van der Waals surface area contributed by atoms with Crippen molar-refractivity contribution in [1.29, 1.82) is 0 Å². The lowest BCUT2D eigenvalue weighted by atomic mass is 10.1. The van der Waals surface area contributed by atoms with E-state index in [1.165, 1.54) is 12.3 Å². The normalized spacial score (nSPS) is 13.3. The highest BCUT2D eigenvalue weighted by Gasteiger charge is 2.24. The summed E-state index contributed by atoms with van der Waals surface area (Å²) in [7, 11) is 0. The number of carbonyl (C=O) groups is 1. The Morgan fingerprint density at radius 1 is 1.39 bits per heavy atom. The van der Waals surface area contributed by atoms with Crippen LogP contribution in [-0.4, -0.2) is 22.0 Å². The van der Waals surface area contributed by atoms with Crippen LogP contribution in [0.25, 0.3) is 0 Å². The molecule has 0 saturated heterocycles. The molecule has 1 aromatic carbocycles. The first-order valence-electron chi connectivity index (χ1n) is 7.16. The maximum Gasteiger partial charge on any atom is 0.285 e. The molecule has 0 spiro atoms. The summed E-state index contributed by atoms with van der Waals surface area (Å²) >= 11 is 0. The number of hydrogen-bond donors (Lipinski definition) is 2. The van der Waals surface area contributed by atoms with Crippen molar-refractivity contribution in [2.24, 2.45) is 0 Å². The van der Waals surface area contributed by atoms with E-state index in [9.17, 15) is 20.0 Å². The van der Waals surface area contributed by atoms with E-state index in [2.05, 4.69) is 5.32 Å². The van der Waals surface area contributed by atoms with Crippen LogP contribution in [0.5, 0.6) is 0 Å². The zero-order valence-electron chi connectivity index (χ0n) is 12.9. The quantitative estimate of drug-likeness (QED) is 0.629. The molecule has 0 bridgehead atoms. The minimum absolute atomic E-state index is 0.00865. The lowest BCUT2D eigenvalue weighted by Gasteiger charge is -2.17. The Bertz CT molecular complexity index is 697. The number of carbonyl (C=O) groups excluding carboxylic acids is 1. The van der Waals surface area contributed by atoms with Crippen LogP contribution in [0.15, 0.2) is 41.0 Å². The molecule has 0 radical (unpaired) electrons. The van der Waals surface area contributed by atoms with Crippen LogP contribution in [-0.2, 0) is 0 Å². The maximum absolute atomic E-state index is 12.3. The summed E-state index contributed by atoms with van der Waals surface area (Å²) in [6.07, 6.45) is 0.837. The van der Waals surface area contributed by atoms with E-state index in [4.69, 9.17) is 4.42 Å². The number of nitro groups is 1. The molecule has 2 atom stereocenters. The number of nitrogens with one attached hydrogen (secondary N) is 1. The number of aryl methyl sites for hydroxylation is 1. The van der Waals surface area contributed by atoms with Gasteiger partial charge in [-0.25, -0.2) is 0 Å². The lowest BCUT2D eigenvalue weighted by molar-refractivity contribution is -0.385. The second-order valence-corrected chi connectivity index (χ2v) is 5.37. The highest BCUT2D eigenvalue weighted by atomic mass is 16.6. The summed E-state index contributed by atoms with van der Waals surface area (Å²) in [6.45, 7) is 3.30. The summed E-state index contributed by atoms with van der Waals surface area (Å²) in [6, 6.07) is 7.51. The van der Waals surface area contributed by atoms with Crippen LogP contribution in [0.2, 0.25) is 0 Å². The van der Waals surface area contributed by atoms with Crippen LogP contribution >= 0.6 is 0 Å². The summed E-state index contributed by atoms with van der Waals surface area (Å²) < 4.78 is 5.10. The molecular weight excluding hydrogens is 300 g/mol. The first-order valence-corrected chi connectivity index (χ1v) is 7.16. The average molecular weight is 318 g/mol. The van der Waals surface area contributed by atoms with Gasteiger partial charge in [0.2, 0.25) is 0 Å². The number of amides is 1. The third kappa shape index (κ3) is 3.95. The van der Waals surface area contributed by atoms with Crippen molar-refractivity contribution in [3.63, 3.8) is 0 Å². The van der Waals surface area contributed by atoms with Crippen molar-refractivity contribution in [3.8, 4) is 0 Å². The molecule has 0 saturated carbocycles. The first-order chi connectivity index (χ1) is 10.9. The van der Waals surface area contributed by atoms with Crippen LogP contribution in [0.4, 0.5) is 5.69 Å². The summed E-state index contributed by atoms with van der Waals surface area (Å²) in [4.78, 5) is 22.9. The second kappa shape index (κ2) is 7.06. The van der Waals surface area contributed by atoms with Crippen LogP contribution in [0, 0.1) is 17.0 Å². The number of para-hydroxylation sites is 1. The first kappa shape index (κ1) is 16.7. The summed E-state index contributed by atoms with van der Waals surface area (Å²) in [5.74, 6) is -0.132. The predicted octanol–water partition coefficient (Wildman–Crippen LogP) is 2.74. The average Bonchev–Trinajstić information content (AvgIpc) is 3.00. The van der Waals surface area contributed by atoms with Crippen molar-refractivity contribution < 1.29 is 19.2 Å². The van der Waals surface area contributed by atoms with E-state index in [0.29, 0.717) is 11.3 Å². The van der Waals surface area contributed by atoms with Crippen LogP contribution in [0.1, 0.15) is 41.1 Å². The minimum Gasteiger partial charge on any atom is -0.467 e. The van der Waals surface area contributed by atoms with Crippen molar-refractivity contribution >= 4 is 11.6 Å². The molecule has 1 amide bonds. The highest BCUT2D eigenvalue weighted by Crippen LogP contribution is 2.24. The van der Waals surface area contributed by atoms with Gasteiger partial charge in [0.25, 0.3) is 11.6 Å².